The van der Waals surface area contributed by atoms with Crippen molar-refractivity contribution in [1.82, 2.24) is 4.72 Å². The van der Waals surface area contributed by atoms with Crippen LogP contribution in [0.5, 0.6) is 0 Å². The zero-order valence-electron chi connectivity index (χ0n) is 13.6. The topological polar surface area (TPSA) is 83.6 Å². The number of nitrogens with zero attached hydrogens (tertiary/aromatic N) is 1. The third kappa shape index (κ3) is 3.56. The van der Waals surface area contributed by atoms with E-state index in [1.165, 1.54) is 18.2 Å². The second kappa shape index (κ2) is 6.90. The van der Waals surface area contributed by atoms with Crippen molar-refractivity contribution in [2.45, 2.75) is 18.2 Å². The molecule has 0 fully saturated rings. The molecule has 2 aromatic carbocycles. The average Bonchev–Trinajstić information content (AvgIpc) is 2.56. The predicted octanol–water partition coefficient (Wildman–Crippen LogP) is 3.02. The van der Waals surface area contributed by atoms with Gasteiger partial charge in [-0.25, -0.2) is 13.1 Å². The first-order valence-electron chi connectivity index (χ1n) is 7.62. The molecule has 0 bridgehead atoms. The summed E-state index contributed by atoms with van der Waals surface area (Å²) in [6.45, 7) is 1.49. The molecule has 26 heavy (non-hydrogen) atoms. The molecule has 0 spiro atoms. The van der Waals surface area contributed by atoms with Crippen LogP contribution < -0.4 is 9.62 Å². The summed E-state index contributed by atoms with van der Waals surface area (Å²) in [6.07, 6.45) is 0.463. The minimum absolute atomic E-state index is 0.0535. The lowest BCUT2D eigenvalue weighted by Gasteiger charge is -2.29. The van der Waals surface area contributed by atoms with Crippen LogP contribution in [0.25, 0.3) is 0 Å². The zero-order chi connectivity index (χ0) is 19.1. The number of sulfonamides is 1. The number of benzene rings is 2. The second-order valence-electron chi connectivity index (χ2n) is 5.79. The fourth-order valence-electron chi connectivity index (χ4n) is 2.78. The molecule has 6 nitrogen and oxygen atoms in total. The Bertz CT molecular complexity index is 1020. The van der Waals surface area contributed by atoms with Crippen molar-refractivity contribution in [3.05, 3.63) is 57.6 Å². The first-order chi connectivity index (χ1) is 12.2. The predicted molar refractivity (Wildman–Crippen MR) is 99.3 cm³/mol. The SMILES string of the molecule is CC(=O)NS(=O)(=O)c1ccc2c(c1)CCN(c1ccc(Cl)c(Cl)c1)C2=O. The van der Waals surface area contributed by atoms with E-state index in [9.17, 15) is 18.0 Å². The van der Waals surface area contributed by atoms with E-state index in [0.717, 1.165) is 6.92 Å². The molecule has 1 aliphatic heterocycles. The van der Waals surface area contributed by atoms with Gasteiger partial charge in [-0.3, -0.25) is 9.59 Å². The minimum atomic E-state index is -3.94. The standard InChI is InChI=1S/C17H14Cl2N2O4S/c1-10(22)20-26(24,25)13-3-4-14-11(8-13)6-7-21(17(14)23)12-2-5-15(18)16(19)9-12/h2-5,8-9H,6-7H2,1H3,(H,20,22). The Hall–Kier alpha value is -2.09. The molecular weight excluding hydrogens is 399 g/mol. The number of nitrogens with one attached hydrogen (secondary N) is 1. The number of fused-ring (bicyclic) bond motifs is 1. The number of hydrogen-bond donors (Lipinski definition) is 1. The van der Waals surface area contributed by atoms with Crippen LogP contribution in [0.2, 0.25) is 10.0 Å². The molecular formula is C17H14Cl2N2O4S. The van der Waals surface area contributed by atoms with Gasteiger partial charge in [0.15, 0.2) is 0 Å². The molecule has 0 radical (unpaired) electrons. The smallest absolute Gasteiger partial charge is 0.264 e. The highest BCUT2D eigenvalue weighted by Crippen LogP contribution is 2.31. The Morgan fingerprint density at radius 3 is 2.50 bits per heavy atom. The molecule has 136 valence electrons. The summed E-state index contributed by atoms with van der Waals surface area (Å²) in [7, 11) is -3.94. The number of carbonyl (C=O) groups is 2. The molecule has 2 amide bonds. The lowest BCUT2D eigenvalue weighted by Crippen LogP contribution is -2.38. The Morgan fingerprint density at radius 1 is 1.12 bits per heavy atom. The highest BCUT2D eigenvalue weighted by Gasteiger charge is 2.27. The normalized spacial score (nSPS) is 14.1. The van der Waals surface area contributed by atoms with E-state index < -0.39 is 15.9 Å². The van der Waals surface area contributed by atoms with Crippen LogP contribution in [0.3, 0.4) is 0 Å². The Kier molecular flexibility index (Phi) is 4.96. The van der Waals surface area contributed by atoms with Gasteiger partial charge < -0.3 is 4.90 Å². The molecule has 0 saturated carbocycles. The molecule has 2 aromatic rings. The maximum atomic E-state index is 12.8. The number of hydrogen-bond acceptors (Lipinski definition) is 4. The van der Waals surface area contributed by atoms with Crippen molar-refractivity contribution in [2.24, 2.45) is 0 Å². The van der Waals surface area contributed by atoms with Crippen LogP contribution in [-0.2, 0) is 21.2 Å². The number of carbonyl (C=O) groups excluding carboxylic acids is 2. The number of halogens is 2. The molecule has 9 heteroatoms. The van der Waals surface area contributed by atoms with Crippen LogP contribution in [0, 0.1) is 0 Å². The summed E-state index contributed by atoms with van der Waals surface area (Å²) in [5, 5.41) is 0.743. The summed E-state index contributed by atoms with van der Waals surface area (Å²) >= 11 is 11.9. The van der Waals surface area contributed by atoms with Gasteiger partial charge in [0.2, 0.25) is 5.91 Å². The van der Waals surface area contributed by atoms with Crippen molar-refractivity contribution in [2.75, 3.05) is 11.4 Å². The maximum Gasteiger partial charge on any atom is 0.264 e. The van der Waals surface area contributed by atoms with Gasteiger partial charge in [-0.05, 0) is 48.4 Å². The zero-order valence-corrected chi connectivity index (χ0v) is 16.0. The van der Waals surface area contributed by atoms with E-state index in [1.807, 2.05) is 4.72 Å². The van der Waals surface area contributed by atoms with E-state index in [2.05, 4.69) is 0 Å². The van der Waals surface area contributed by atoms with Gasteiger partial charge in [0.25, 0.3) is 15.9 Å². The van der Waals surface area contributed by atoms with E-state index in [-0.39, 0.29) is 10.8 Å². The fourth-order valence-corrected chi connectivity index (χ4v) is 4.11. The number of anilines is 1. The molecule has 0 atom stereocenters. The van der Waals surface area contributed by atoms with Crippen LogP contribution in [0.15, 0.2) is 41.3 Å². The Labute approximate surface area is 160 Å². The minimum Gasteiger partial charge on any atom is -0.308 e. The highest BCUT2D eigenvalue weighted by atomic mass is 35.5. The van der Waals surface area contributed by atoms with Gasteiger partial charge >= 0.3 is 0 Å². The van der Waals surface area contributed by atoms with Crippen LogP contribution in [0.4, 0.5) is 5.69 Å². The van der Waals surface area contributed by atoms with Gasteiger partial charge in [-0.1, -0.05) is 23.2 Å². The van der Waals surface area contributed by atoms with E-state index >= 15 is 0 Å². The average molecular weight is 413 g/mol. The monoisotopic (exact) mass is 412 g/mol. The van der Waals surface area contributed by atoms with Gasteiger partial charge in [0.05, 0.1) is 14.9 Å². The number of rotatable bonds is 3. The largest absolute Gasteiger partial charge is 0.308 e. The van der Waals surface area contributed by atoms with Crippen molar-refractivity contribution >= 4 is 50.7 Å². The van der Waals surface area contributed by atoms with Crippen LogP contribution in [-0.4, -0.2) is 26.8 Å². The van der Waals surface area contributed by atoms with Crippen LogP contribution in [0.1, 0.15) is 22.8 Å². The fraction of sp³-hybridized carbons (Fsp3) is 0.176. The van der Waals surface area contributed by atoms with Crippen molar-refractivity contribution in [1.29, 1.82) is 0 Å². The van der Waals surface area contributed by atoms with E-state index in [1.54, 1.807) is 23.1 Å². The molecule has 0 unspecified atom stereocenters. The molecule has 1 aliphatic rings. The summed E-state index contributed by atoms with van der Waals surface area (Å²) in [5.41, 5.74) is 1.63. The summed E-state index contributed by atoms with van der Waals surface area (Å²) < 4.78 is 26.1. The highest BCUT2D eigenvalue weighted by molar-refractivity contribution is 7.90. The van der Waals surface area contributed by atoms with E-state index in [4.69, 9.17) is 23.2 Å². The molecule has 0 saturated heterocycles. The summed E-state index contributed by atoms with van der Waals surface area (Å²) in [4.78, 5) is 25.3. The Morgan fingerprint density at radius 2 is 1.85 bits per heavy atom. The summed E-state index contributed by atoms with van der Waals surface area (Å²) in [5.74, 6) is -0.933. The maximum absolute atomic E-state index is 12.8. The molecule has 0 aromatic heterocycles. The summed E-state index contributed by atoms with van der Waals surface area (Å²) in [6, 6.07) is 9.11. The van der Waals surface area contributed by atoms with E-state index in [0.29, 0.717) is 39.8 Å². The molecule has 3 rings (SSSR count). The third-order valence-electron chi connectivity index (χ3n) is 3.96. The first-order valence-corrected chi connectivity index (χ1v) is 9.86. The van der Waals surface area contributed by atoms with Gasteiger partial charge in [0, 0.05) is 24.7 Å². The lowest BCUT2D eigenvalue weighted by molar-refractivity contribution is -0.117. The Balaban J connectivity index is 1.94. The van der Waals surface area contributed by atoms with Gasteiger partial charge in [-0.2, -0.15) is 0 Å². The van der Waals surface area contributed by atoms with Gasteiger partial charge in [-0.15, -0.1) is 0 Å². The lowest BCUT2D eigenvalue weighted by atomic mass is 9.98. The van der Waals surface area contributed by atoms with Crippen LogP contribution >= 0.6 is 23.2 Å². The second-order valence-corrected chi connectivity index (χ2v) is 8.28. The first kappa shape index (κ1) is 18.7. The van der Waals surface area contributed by atoms with Gasteiger partial charge in [0.1, 0.15) is 0 Å². The number of amides is 2. The van der Waals surface area contributed by atoms with Crippen molar-refractivity contribution in [3.63, 3.8) is 0 Å². The molecule has 1 heterocycles. The molecule has 0 aliphatic carbocycles. The molecule has 1 N–H and O–H groups in total. The third-order valence-corrected chi connectivity index (χ3v) is 6.13. The quantitative estimate of drug-likeness (QED) is 0.839. The van der Waals surface area contributed by atoms with Crippen molar-refractivity contribution < 1.29 is 18.0 Å². The van der Waals surface area contributed by atoms with Crippen molar-refractivity contribution in [3.8, 4) is 0 Å².